The van der Waals surface area contributed by atoms with Crippen LogP contribution in [0.4, 0.5) is 4.39 Å². The van der Waals surface area contributed by atoms with Crippen molar-refractivity contribution in [2.45, 2.75) is 71.5 Å². The number of halogens is 1. The lowest BCUT2D eigenvalue weighted by Gasteiger charge is -2.31. The molecule has 1 aliphatic rings. The van der Waals surface area contributed by atoms with E-state index in [4.69, 9.17) is 4.74 Å². The minimum absolute atomic E-state index is 0.160. The van der Waals surface area contributed by atoms with Gasteiger partial charge in [-0.2, -0.15) is 0 Å². The molecule has 32 heavy (non-hydrogen) atoms. The van der Waals surface area contributed by atoms with Crippen molar-refractivity contribution in [3.63, 3.8) is 0 Å². The van der Waals surface area contributed by atoms with Crippen molar-refractivity contribution in [2.75, 3.05) is 6.61 Å². The molecule has 0 aromatic heterocycles. The molecule has 6 heteroatoms. The molecule has 1 N–H and O–H groups in total. The predicted molar refractivity (Wildman–Crippen MR) is 123 cm³/mol. The van der Waals surface area contributed by atoms with Crippen molar-refractivity contribution in [1.82, 2.24) is 10.2 Å². The molecular weight excluding hydrogens is 407 g/mol. The third kappa shape index (κ3) is 6.31. The van der Waals surface area contributed by atoms with Gasteiger partial charge in [0.25, 0.3) is 5.91 Å². The highest BCUT2D eigenvalue weighted by Gasteiger charge is 2.28. The molecular formula is C26H33FN2O3. The van der Waals surface area contributed by atoms with Crippen LogP contribution < -0.4 is 10.1 Å². The van der Waals surface area contributed by atoms with E-state index < -0.39 is 6.04 Å². The van der Waals surface area contributed by atoms with Gasteiger partial charge >= 0.3 is 0 Å². The van der Waals surface area contributed by atoms with Gasteiger partial charge in [0.1, 0.15) is 17.6 Å². The highest BCUT2D eigenvalue weighted by molar-refractivity contribution is 5.88. The van der Waals surface area contributed by atoms with Crippen molar-refractivity contribution < 1.29 is 18.7 Å². The van der Waals surface area contributed by atoms with Crippen molar-refractivity contribution in [3.8, 4) is 5.75 Å². The van der Waals surface area contributed by atoms with E-state index >= 15 is 0 Å². The fraction of sp³-hybridized carbons (Fsp3) is 0.462. The lowest BCUT2D eigenvalue weighted by atomic mass is 9.95. The maximum absolute atomic E-state index is 13.3. The van der Waals surface area contributed by atoms with Gasteiger partial charge in [0.2, 0.25) is 5.91 Å². The number of benzene rings is 2. The molecule has 2 aromatic carbocycles. The summed E-state index contributed by atoms with van der Waals surface area (Å²) in [7, 11) is 0. The Morgan fingerprint density at radius 2 is 1.78 bits per heavy atom. The number of carbonyl (C=O) groups excluding carboxylic acids is 2. The zero-order valence-corrected chi connectivity index (χ0v) is 19.2. The summed E-state index contributed by atoms with van der Waals surface area (Å²) < 4.78 is 19.2. The van der Waals surface area contributed by atoms with Crippen molar-refractivity contribution in [2.24, 2.45) is 0 Å². The molecule has 1 fully saturated rings. The Labute approximate surface area is 190 Å². The van der Waals surface area contributed by atoms with Gasteiger partial charge in [0.15, 0.2) is 6.61 Å². The van der Waals surface area contributed by atoms with E-state index in [-0.39, 0.29) is 36.8 Å². The minimum atomic E-state index is -0.670. The maximum atomic E-state index is 13.3. The second-order valence-corrected chi connectivity index (χ2v) is 8.65. The molecule has 1 unspecified atom stereocenters. The summed E-state index contributed by atoms with van der Waals surface area (Å²) in [5.74, 6) is -0.145. The first-order valence-corrected chi connectivity index (χ1v) is 11.4. The first-order valence-electron chi connectivity index (χ1n) is 11.4. The zero-order chi connectivity index (χ0) is 23.1. The van der Waals surface area contributed by atoms with E-state index in [0.717, 1.165) is 42.4 Å². The number of hydrogen-bond acceptors (Lipinski definition) is 3. The van der Waals surface area contributed by atoms with Crippen LogP contribution in [-0.4, -0.2) is 35.4 Å². The van der Waals surface area contributed by atoms with E-state index in [1.54, 1.807) is 19.1 Å². The predicted octanol–water partition coefficient (Wildman–Crippen LogP) is 4.69. The average Bonchev–Trinajstić information content (AvgIpc) is 2.79. The van der Waals surface area contributed by atoms with E-state index in [1.165, 1.54) is 23.5 Å². The largest absolute Gasteiger partial charge is 0.483 e. The van der Waals surface area contributed by atoms with Gasteiger partial charge in [-0.25, -0.2) is 4.39 Å². The molecule has 172 valence electrons. The Hall–Kier alpha value is -2.89. The van der Waals surface area contributed by atoms with E-state index in [0.29, 0.717) is 5.75 Å². The van der Waals surface area contributed by atoms with Gasteiger partial charge in [-0.05, 0) is 68.5 Å². The topological polar surface area (TPSA) is 58.6 Å². The molecule has 1 saturated carbocycles. The Morgan fingerprint density at radius 1 is 1.09 bits per heavy atom. The van der Waals surface area contributed by atoms with Crippen LogP contribution in [0.3, 0.4) is 0 Å². The van der Waals surface area contributed by atoms with Crippen LogP contribution in [0.25, 0.3) is 0 Å². The third-order valence-corrected chi connectivity index (χ3v) is 6.29. The molecule has 5 nitrogen and oxygen atoms in total. The fourth-order valence-electron chi connectivity index (χ4n) is 4.04. The Morgan fingerprint density at radius 3 is 2.47 bits per heavy atom. The fourth-order valence-corrected chi connectivity index (χ4v) is 4.04. The van der Waals surface area contributed by atoms with Crippen LogP contribution >= 0.6 is 0 Å². The number of rotatable bonds is 8. The van der Waals surface area contributed by atoms with Crippen LogP contribution in [0.5, 0.6) is 5.75 Å². The summed E-state index contributed by atoms with van der Waals surface area (Å²) in [6.07, 6.45) is 5.37. The summed E-state index contributed by atoms with van der Waals surface area (Å²) in [4.78, 5) is 27.6. The second-order valence-electron chi connectivity index (χ2n) is 8.65. The Kier molecular flexibility index (Phi) is 8.26. The first kappa shape index (κ1) is 23.8. The van der Waals surface area contributed by atoms with Crippen molar-refractivity contribution >= 4 is 11.8 Å². The summed E-state index contributed by atoms with van der Waals surface area (Å²) in [5.41, 5.74) is 2.82. The molecule has 1 aliphatic carbocycles. The van der Waals surface area contributed by atoms with E-state index in [1.807, 2.05) is 32.0 Å². The normalized spacial score (nSPS) is 15.1. The zero-order valence-electron chi connectivity index (χ0n) is 19.2. The number of ether oxygens (including phenoxy) is 1. The molecule has 0 bridgehead atoms. The molecule has 2 aromatic rings. The summed E-state index contributed by atoms with van der Waals surface area (Å²) in [6.45, 7) is 5.70. The van der Waals surface area contributed by atoms with Crippen LogP contribution in [0, 0.1) is 19.7 Å². The van der Waals surface area contributed by atoms with E-state index in [9.17, 15) is 14.0 Å². The number of aryl methyl sites for hydroxylation is 1. The molecule has 0 aliphatic heterocycles. The quantitative estimate of drug-likeness (QED) is 0.648. The van der Waals surface area contributed by atoms with E-state index in [2.05, 4.69) is 5.32 Å². The molecule has 0 heterocycles. The standard InChI is InChI=1S/C26H33FN2O3/c1-18-8-7-11-24(19(18)2)32-17-25(30)29(16-21-12-14-22(27)15-13-21)20(3)26(31)28-23-9-5-4-6-10-23/h7-8,11-15,20,23H,4-6,9-10,16-17H2,1-3H3,(H,28,31). The molecule has 0 spiro atoms. The molecule has 3 rings (SSSR count). The highest BCUT2D eigenvalue weighted by atomic mass is 19.1. The number of nitrogens with zero attached hydrogens (tertiary/aromatic N) is 1. The molecule has 0 radical (unpaired) electrons. The lowest BCUT2D eigenvalue weighted by Crippen LogP contribution is -2.51. The van der Waals surface area contributed by atoms with Crippen LogP contribution in [0.15, 0.2) is 42.5 Å². The van der Waals surface area contributed by atoms with Gasteiger partial charge in [-0.3, -0.25) is 9.59 Å². The monoisotopic (exact) mass is 440 g/mol. The van der Waals surface area contributed by atoms with Gasteiger partial charge in [0.05, 0.1) is 0 Å². The van der Waals surface area contributed by atoms with Crippen LogP contribution in [0.1, 0.15) is 55.7 Å². The number of nitrogens with one attached hydrogen (secondary N) is 1. The summed E-state index contributed by atoms with van der Waals surface area (Å²) >= 11 is 0. The third-order valence-electron chi connectivity index (χ3n) is 6.29. The Bertz CT molecular complexity index is 923. The summed E-state index contributed by atoms with van der Waals surface area (Å²) in [5, 5.41) is 3.11. The van der Waals surface area contributed by atoms with Crippen LogP contribution in [0.2, 0.25) is 0 Å². The minimum Gasteiger partial charge on any atom is -0.483 e. The van der Waals surface area contributed by atoms with Crippen LogP contribution in [-0.2, 0) is 16.1 Å². The molecule has 0 saturated heterocycles. The smallest absolute Gasteiger partial charge is 0.261 e. The number of carbonyl (C=O) groups is 2. The van der Waals surface area contributed by atoms with Crippen molar-refractivity contribution in [1.29, 1.82) is 0 Å². The number of amides is 2. The molecule has 2 amide bonds. The lowest BCUT2D eigenvalue weighted by molar-refractivity contribution is -0.142. The molecule has 1 atom stereocenters. The summed E-state index contributed by atoms with van der Waals surface area (Å²) in [6, 6.07) is 11.2. The average molecular weight is 441 g/mol. The van der Waals surface area contributed by atoms with Gasteiger partial charge in [-0.15, -0.1) is 0 Å². The van der Waals surface area contributed by atoms with Gasteiger partial charge in [-0.1, -0.05) is 43.5 Å². The maximum Gasteiger partial charge on any atom is 0.261 e. The first-order chi connectivity index (χ1) is 15.3. The highest BCUT2D eigenvalue weighted by Crippen LogP contribution is 2.21. The van der Waals surface area contributed by atoms with Gasteiger partial charge in [0, 0.05) is 12.6 Å². The second kappa shape index (κ2) is 11.1. The SMILES string of the molecule is Cc1cccc(OCC(=O)N(Cc2ccc(F)cc2)C(C)C(=O)NC2CCCCC2)c1C. The Balaban J connectivity index is 1.72. The van der Waals surface area contributed by atoms with Crippen molar-refractivity contribution in [3.05, 3.63) is 65.0 Å². The number of hydrogen-bond donors (Lipinski definition) is 1. The van der Waals surface area contributed by atoms with Gasteiger partial charge < -0.3 is 15.0 Å².